The topological polar surface area (TPSA) is 62.1 Å². The minimum Gasteiger partial charge on any atom is -0.481 e. The summed E-state index contributed by atoms with van der Waals surface area (Å²) in [5.41, 5.74) is -0.825. The van der Waals surface area contributed by atoms with Crippen molar-refractivity contribution in [1.29, 1.82) is 5.26 Å². The maximum absolute atomic E-state index is 12.1. The number of carbonyl (C=O) groups excluding carboxylic acids is 1. The summed E-state index contributed by atoms with van der Waals surface area (Å²) in [5.74, 6) is 0.262. The van der Waals surface area contributed by atoms with Crippen LogP contribution in [0, 0.1) is 11.3 Å². The highest BCUT2D eigenvalue weighted by Gasteiger charge is 2.30. The van der Waals surface area contributed by atoms with Crippen LogP contribution in [0.4, 0.5) is 0 Å². The molecule has 0 heterocycles. The fourth-order valence-corrected chi connectivity index (χ4v) is 1.85. The van der Waals surface area contributed by atoms with E-state index in [1.165, 1.54) is 0 Å². The van der Waals surface area contributed by atoms with Crippen molar-refractivity contribution in [1.82, 2.24) is 5.32 Å². The predicted molar refractivity (Wildman–Crippen MR) is 78.6 cm³/mol. The molecule has 20 heavy (non-hydrogen) atoms. The SMILES string of the molecule is CCC(C#N)(CC)NC(=O)C(C)Oc1ccc(Cl)cc1. The fraction of sp³-hybridized carbons (Fsp3) is 0.467. The Balaban J connectivity index is 2.68. The van der Waals surface area contributed by atoms with Crippen molar-refractivity contribution in [2.45, 2.75) is 45.3 Å². The first-order chi connectivity index (χ1) is 9.46. The summed E-state index contributed by atoms with van der Waals surface area (Å²) in [6.07, 6.45) is 0.431. The normalized spacial score (nSPS) is 12.3. The zero-order valence-corrected chi connectivity index (χ0v) is 12.7. The fourth-order valence-electron chi connectivity index (χ4n) is 1.72. The van der Waals surface area contributed by atoms with Crippen LogP contribution in [-0.2, 0) is 4.79 Å². The molecular formula is C15H19ClN2O2. The number of nitrogens with zero attached hydrogens (tertiary/aromatic N) is 1. The Morgan fingerprint density at radius 3 is 2.40 bits per heavy atom. The molecule has 1 atom stereocenters. The van der Waals surface area contributed by atoms with Crippen molar-refractivity contribution >= 4 is 17.5 Å². The van der Waals surface area contributed by atoms with E-state index in [1.807, 2.05) is 13.8 Å². The second-order valence-electron chi connectivity index (χ2n) is 4.60. The molecule has 108 valence electrons. The van der Waals surface area contributed by atoms with Gasteiger partial charge in [-0.15, -0.1) is 0 Å². The summed E-state index contributed by atoms with van der Waals surface area (Å²) in [6.45, 7) is 5.40. The highest BCUT2D eigenvalue weighted by atomic mass is 35.5. The number of amides is 1. The molecule has 1 unspecified atom stereocenters. The lowest BCUT2D eigenvalue weighted by Gasteiger charge is -2.26. The Morgan fingerprint density at radius 1 is 1.40 bits per heavy atom. The highest BCUT2D eigenvalue weighted by molar-refractivity contribution is 6.30. The second kappa shape index (κ2) is 7.16. The standard InChI is InChI=1S/C15H19ClN2O2/c1-4-15(5-2,10-17)18-14(19)11(3)20-13-8-6-12(16)7-9-13/h6-9,11H,4-5H2,1-3H3,(H,18,19). The molecule has 0 saturated heterocycles. The molecule has 0 bridgehead atoms. The van der Waals surface area contributed by atoms with Gasteiger partial charge in [0.1, 0.15) is 11.3 Å². The van der Waals surface area contributed by atoms with Gasteiger partial charge in [-0.2, -0.15) is 5.26 Å². The van der Waals surface area contributed by atoms with Crippen LogP contribution in [0.1, 0.15) is 33.6 Å². The van der Waals surface area contributed by atoms with Crippen LogP contribution < -0.4 is 10.1 Å². The molecule has 5 heteroatoms. The number of nitriles is 1. The van der Waals surface area contributed by atoms with Gasteiger partial charge < -0.3 is 10.1 Å². The summed E-state index contributed by atoms with van der Waals surface area (Å²) in [4.78, 5) is 12.1. The first-order valence-corrected chi connectivity index (χ1v) is 6.99. The number of nitrogens with one attached hydrogen (secondary N) is 1. The summed E-state index contributed by atoms with van der Waals surface area (Å²) in [5, 5.41) is 12.6. The predicted octanol–water partition coefficient (Wildman–Crippen LogP) is 3.31. The smallest absolute Gasteiger partial charge is 0.262 e. The first kappa shape index (κ1) is 16.3. The summed E-state index contributed by atoms with van der Waals surface area (Å²) in [6, 6.07) is 8.95. The van der Waals surface area contributed by atoms with Gasteiger partial charge in [0, 0.05) is 5.02 Å². The molecule has 1 aromatic carbocycles. The minimum atomic E-state index is -0.825. The Hall–Kier alpha value is -1.73. The molecular weight excluding hydrogens is 276 g/mol. The Bertz CT molecular complexity index is 490. The van der Waals surface area contributed by atoms with Crippen LogP contribution in [0.3, 0.4) is 0 Å². The molecule has 0 aliphatic rings. The van der Waals surface area contributed by atoms with E-state index in [2.05, 4.69) is 11.4 Å². The van der Waals surface area contributed by atoms with E-state index in [0.29, 0.717) is 23.6 Å². The molecule has 4 nitrogen and oxygen atoms in total. The average Bonchev–Trinajstić information content (AvgIpc) is 2.47. The van der Waals surface area contributed by atoms with E-state index < -0.39 is 11.6 Å². The van der Waals surface area contributed by atoms with Gasteiger partial charge in [0.2, 0.25) is 0 Å². The molecule has 0 aliphatic carbocycles. The number of hydrogen-bond acceptors (Lipinski definition) is 3. The van der Waals surface area contributed by atoms with Crippen LogP contribution in [0.15, 0.2) is 24.3 Å². The lowest BCUT2D eigenvalue weighted by molar-refractivity contribution is -0.128. The molecule has 0 saturated carbocycles. The van der Waals surface area contributed by atoms with E-state index in [0.717, 1.165) is 0 Å². The average molecular weight is 295 g/mol. The maximum atomic E-state index is 12.1. The molecule has 0 spiro atoms. The summed E-state index contributed by atoms with van der Waals surface area (Å²) < 4.78 is 5.53. The molecule has 1 amide bonds. The van der Waals surface area contributed by atoms with Gasteiger partial charge in [-0.25, -0.2) is 0 Å². The summed E-state index contributed by atoms with van der Waals surface area (Å²) in [7, 11) is 0. The minimum absolute atomic E-state index is 0.301. The number of rotatable bonds is 6. The maximum Gasteiger partial charge on any atom is 0.262 e. The Labute approximate surface area is 124 Å². The molecule has 1 N–H and O–H groups in total. The van der Waals surface area contributed by atoms with Gasteiger partial charge in [0.15, 0.2) is 6.10 Å². The zero-order chi connectivity index (χ0) is 15.2. The van der Waals surface area contributed by atoms with Crippen molar-refractivity contribution in [3.63, 3.8) is 0 Å². The monoisotopic (exact) mass is 294 g/mol. The number of hydrogen-bond donors (Lipinski definition) is 1. The van der Waals surface area contributed by atoms with E-state index in [9.17, 15) is 10.1 Å². The Morgan fingerprint density at radius 2 is 1.95 bits per heavy atom. The molecule has 0 aromatic heterocycles. The third-order valence-corrected chi connectivity index (χ3v) is 3.53. The van der Waals surface area contributed by atoms with Crippen LogP contribution in [-0.4, -0.2) is 17.6 Å². The van der Waals surface area contributed by atoms with Crippen LogP contribution in [0.5, 0.6) is 5.75 Å². The molecule has 0 radical (unpaired) electrons. The van der Waals surface area contributed by atoms with Crippen molar-refractivity contribution in [3.05, 3.63) is 29.3 Å². The van der Waals surface area contributed by atoms with E-state index in [-0.39, 0.29) is 5.91 Å². The lowest BCUT2D eigenvalue weighted by Crippen LogP contribution is -2.50. The van der Waals surface area contributed by atoms with Crippen molar-refractivity contribution in [3.8, 4) is 11.8 Å². The Kier molecular flexibility index (Phi) is 5.84. The second-order valence-corrected chi connectivity index (χ2v) is 5.04. The van der Waals surface area contributed by atoms with Gasteiger partial charge in [-0.3, -0.25) is 4.79 Å². The number of carbonyl (C=O) groups is 1. The molecule has 1 aromatic rings. The third-order valence-electron chi connectivity index (χ3n) is 3.28. The molecule has 0 fully saturated rings. The van der Waals surface area contributed by atoms with Crippen LogP contribution >= 0.6 is 11.6 Å². The number of ether oxygens (including phenoxy) is 1. The van der Waals surface area contributed by atoms with E-state index in [4.69, 9.17) is 16.3 Å². The van der Waals surface area contributed by atoms with Crippen LogP contribution in [0.25, 0.3) is 0 Å². The van der Waals surface area contributed by atoms with E-state index >= 15 is 0 Å². The van der Waals surface area contributed by atoms with Gasteiger partial charge in [-0.1, -0.05) is 25.4 Å². The van der Waals surface area contributed by atoms with Crippen molar-refractivity contribution < 1.29 is 9.53 Å². The van der Waals surface area contributed by atoms with Crippen molar-refractivity contribution in [2.75, 3.05) is 0 Å². The zero-order valence-electron chi connectivity index (χ0n) is 11.9. The lowest BCUT2D eigenvalue weighted by atomic mass is 9.94. The quantitative estimate of drug-likeness (QED) is 0.875. The largest absolute Gasteiger partial charge is 0.481 e. The third kappa shape index (κ3) is 4.14. The number of benzene rings is 1. The van der Waals surface area contributed by atoms with Crippen molar-refractivity contribution in [2.24, 2.45) is 0 Å². The number of halogens is 1. The molecule has 1 rings (SSSR count). The summed E-state index contributed by atoms with van der Waals surface area (Å²) >= 11 is 5.78. The van der Waals surface area contributed by atoms with Gasteiger partial charge in [0.05, 0.1) is 6.07 Å². The van der Waals surface area contributed by atoms with Crippen LogP contribution in [0.2, 0.25) is 5.02 Å². The molecule has 0 aliphatic heterocycles. The van der Waals surface area contributed by atoms with Gasteiger partial charge in [-0.05, 0) is 44.0 Å². The van der Waals surface area contributed by atoms with E-state index in [1.54, 1.807) is 31.2 Å². The van der Waals surface area contributed by atoms with Gasteiger partial charge >= 0.3 is 0 Å². The van der Waals surface area contributed by atoms with Gasteiger partial charge in [0.25, 0.3) is 5.91 Å². The first-order valence-electron chi connectivity index (χ1n) is 6.62. The highest BCUT2D eigenvalue weighted by Crippen LogP contribution is 2.18.